The molecule has 0 atom stereocenters. The van der Waals surface area contributed by atoms with Crippen LogP contribution in [0, 0.1) is 5.82 Å². The van der Waals surface area contributed by atoms with Crippen LogP contribution in [0.15, 0.2) is 78.9 Å². The minimum atomic E-state index is -0.482. The molecule has 0 spiro atoms. The van der Waals surface area contributed by atoms with Gasteiger partial charge in [-0.15, -0.1) is 0 Å². The number of amides is 2. The summed E-state index contributed by atoms with van der Waals surface area (Å²) >= 11 is 0. The van der Waals surface area contributed by atoms with Crippen LogP contribution in [0.25, 0.3) is 0 Å². The Balaban J connectivity index is 1.72. The van der Waals surface area contributed by atoms with Gasteiger partial charge in [-0.3, -0.25) is 0 Å². The highest BCUT2D eigenvalue weighted by atomic mass is 19.1. The summed E-state index contributed by atoms with van der Waals surface area (Å²) in [4.78, 5) is 12.1. The van der Waals surface area contributed by atoms with Crippen molar-refractivity contribution in [1.82, 2.24) is 0 Å². The van der Waals surface area contributed by atoms with Crippen LogP contribution >= 0.6 is 0 Å². The monoisotopic (exact) mass is 322 g/mol. The van der Waals surface area contributed by atoms with Gasteiger partial charge in [0.15, 0.2) is 5.75 Å². The van der Waals surface area contributed by atoms with Crippen molar-refractivity contribution in [2.75, 3.05) is 10.6 Å². The average molecular weight is 322 g/mol. The maximum Gasteiger partial charge on any atom is 0.323 e. The fourth-order valence-electron chi connectivity index (χ4n) is 2.13. The number of para-hydroxylation sites is 3. The van der Waals surface area contributed by atoms with E-state index in [-0.39, 0.29) is 0 Å². The summed E-state index contributed by atoms with van der Waals surface area (Å²) in [6.45, 7) is 0. The Labute approximate surface area is 138 Å². The molecule has 120 valence electrons. The molecule has 0 saturated carbocycles. The summed E-state index contributed by atoms with van der Waals surface area (Å²) in [6, 6.07) is 21.5. The van der Waals surface area contributed by atoms with Gasteiger partial charge in [0, 0.05) is 5.69 Å². The van der Waals surface area contributed by atoms with Crippen LogP contribution in [0.1, 0.15) is 0 Å². The third-order valence-electron chi connectivity index (χ3n) is 3.19. The van der Waals surface area contributed by atoms with Crippen molar-refractivity contribution in [3.8, 4) is 11.5 Å². The Hall–Kier alpha value is -3.34. The highest BCUT2D eigenvalue weighted by Crippen LogP contribution is 2.29. The number of ether oxygens (including phenoxy) is 1. The number of carbonyl (C=O) groups is 1. The van der Waals surface area contributed by atoms with E-state index >= 15 is 0 Å². The summed E-state index contributed by atoms with van der Waals surface area (Å²) in [6.07, 6.45) is 0. The Kier molecular flexibility index (Phi) is 4.72. The largest absolute Gasteiger partial charge is 0.455 e. The van der Waals surface area contributed by atoms with E-state index in [1.807, 2.05) is 36.4 Å². The molecule has 2 amide bonds. The first-order valence-corrected chi connectivity index (χ1v) is 7.36. The molecule has 5 heteroatoms. The summed E-state index contributed by atoms with van der Waals surface area (Å²) in [5, 5.41) is 5.28. The maximum atomic E-state index is 13.2. The number of anilines is 2. The normalized spacial score (nSPS) is 10.0. The van der Waals surface area contributed by atoms with Crippen molar-refractivity contribution < 1.29 is 13.9 Å². The number of hydrogen-bond donors (Lipinski definition) is 2. The molecule has 0 aliphatic rings. The van der Waals surface area contributed by atoms with Crippen molar-refractivity contribution >= 4 is 17.4 Å². The summed E-state index contributed by atoms with van der Waals surface area (Å²) in [5.41, 5.74) is 0.879. The van der Waals surface area contributed by atoms with Crippen molar-refractivity contribution in [2.24, 2.45) is 0 Å². The van der Waals surface area contributed by atoms with E-state index in [4.69, 9.17) is 4.74 Å². The molecule has 3 aromatic rings. The summed E-state index contributed by atoms with van der Waals surface area (Å²) < 4.78 is 18.9. The maximum absolute atomic E-state index is 13.2. The minimum Gasteiger partial charge on any atom is -0.455 e. The minimum absolute atomic E-state index is 0.369. The number of halogens is 1. The number of carbonyl (C=O) groups excluding carboxylic acids is 1. The first-order chi connectivity index (χ1) is 11.7. The lowest BCUT2D eigenvalue weighted by Gasteiger charge is -2.13. The molecule has 0 saturated heterocycles. The number of benzene rings is 3. The summed E-state index contributed by atoms with van der Waals surface area (Å²) in [5.74, 6) is 0.760. The lowest BCUT2D eigenvalue weighted by atomic mass is 10.3. The number of hydrogen-bond acceptors (Lipinski definition) is 2. The van der Waals surface area contributed by atoms with E-state index in [0.29, 0.717) is 22.9 Å². The fourth-order valence-corrected chi connectivity index (χ4v) is 2.13. The molecule has 0 heterocycles. The summed E-state index contributed by atoms with van der Waals surface area (Å²) in [7, 11) is 0. The molecule has 0 unspecified atom stereocenters. The SMILES string of the molecule is O=C(Nc1cccc(F)c1)Nc1ccccc1Oc1ccccc1. The van der Waals surface area contributed by atoms with Crippen molar-refractivity contribution in [2.45, 2.75) is 0 Å². The highest BCUT2D eigenvalue weighted by Gasteiger charge is 2.09. The molecule has 0 fully saturated rings. The molecule has 4 nitrogen and oxygen atoms in total. The molecule has 0 aliphatic carbocycles. The van der Waals surface area contributed by atoms with Crippen LogP contribution in [-0.2, 0) is 0 Å². The lowest BCUT2D eigenvalue weighted by molar-refractivity contribution is 0.262. The molecular weight excluding hydrogens is 307 g/mol. The van der Waals surface area contributed by atoms with Gasteiger partial charge in [0.25, 0.3) is 0 Å². The Bertz CT molecular complexity index is 838. The van der Waals surface area contributed by atoms with Crippen LogP contribution in [-0.4, -0.2) is 6.03 Å². The van der Waals surface area contributed by atoms with E-state index in [1.54, 1.807) is 24.3 Å². The molecular formula is C19H15FN2O2. The van der Waals surface area contributed by atoms with Gasteiger partial charge in [0.05, 0.1) is 5.69 Å². The standard InChI is InChI=1S/C19H15FN2O2/c20-14-7-6-8-15(13-14)21-19(23)22-17-11-4-5-12-18(17)24-16-9-2-1-3-10-16/h1-13H,(H2,21,22,23). The molecule has 2 N–H and O–H groups in total. The second-order valence-electron chi connectivity index (χ2n) is 5.00. The van der Waals surface area contributed by atoms with E-state index in [9.17, 15) is 9.18 Å². The quantitative estimate of drug-likeness (QED) is 0.688. The lowest BCUT2D eigenvalue weighted by Crippen LogP contribution is -2.19. The van der Waals surface area contributed by atoms with Gasteiger partial charge in [-0.25, -0.2) is 9.18 Å². The molecule has 0 aromatic heterocycles. The van der Waals surface area contributed by atoms with Crippen molar-refractivity contribution in [1.29, 1.82) is 0 Å². The van der Waals surface area contributed by atoms with Crippen LogP contribution in [0.5, 0.6) is 11.5 Å². The van der Waals surface area contributed by atoms with Gasteiger partial charge < -0.3 is 15.4 Å². The van der Waals surface area contributed by atoms with Crippen LogP contribution < -0.4 is 15.4 Å². The van der Waals surface area contributed by atoms with Gasteiger partial charge in [-0.05, 0) is 42.5 Å². The third-order valence-corrected chi connectivity index (χ3v) is 3.19. The van der Waals surface area contributed by atoms with E-state index in [1.165, 1.54) is 18.2 Å². The first-order valence-electron chi connectivity index (χ1n) is 7.36. The number of nitrogens with one attached hydrogen (secondary N) is 2. The topological polar surface area (TPSA) is 50.4 Å². The van der Waals surface area contributed by atoms with Gasteiger partial charge in [0.1, 0.15) is 11.6 Å². The molecule has 0 aliphatic heterocycles. The van der Waals surface area contributed by atoms with Gasteiger partial charge in [-0.2, -0.15) is 0 Å². The first kappa shape index (κ1) is 15.6. The van der Waals surface area contributed by atoms with Crippen LogP contribution in [0.3, 0.4) is 0 Å². The zero-order valence-corrected chi connectivity index (χ0v) is 12.7. The average Bonchev–Trinajstić information content (AvgIpc) is 2.57. The molecule has 0 bridgehead atoms. The highest BCUT2D eigenvalue weighted by molar-refractivity contribution is 6.00. The predicted molar refractivity (Wildman–Crippen MR) is 92.0 cm³/mol. The zero-order valence-electron chi connectivity index (χ0n) is 12.7. The Morgan fingerprint density at radius 3 is 2.38 bits per heavy atom. The second-order valence-corrected chi connectivity index (χ2v) is 5.00. The number of urea groups is 1. The van der Waals surface area contributed by atoms with Crippen LogP contribution in [0.4, 0.5) is 20.6 Å². The van der Waals surface area contributed by atoms with Crippen LogP contribution in [0.2, 0.25) is 0 Å². The zero-order chi connectivity index (χ0) is 16.8. The van der Waals surface area contributed by atoms with E-state index < -0.39 is 11.8 Å². The molecule has 0 radical (unpaired) electrons. The van der Waals surface area contributed by atoms with E-state index in [2.05, 4.69) is 10.6 Å². The fraction of sp³-hybridized carbons (Fsp3) is 0. The number of rotatable bonds is 4. The van der Waals surface area contributed by atoms with Gasteiger partial charge in [-0.1, -0.05) is 36.4 Å². The molecule has 3 aromatic carbocycles. The Morgan fingerprint density at radius 1 is 0.833 bits per heavy atom. The smallest absolute Gasteiger partial charge is 0.323 e. The van der Waals surface area contributed by atoms with Gasteiger partial charge >= 0.3 is 6.03 Å². The molecule has 24 heavy (non-hydrogen) atoms. The molecule has 3 rings (SSSR count). The van der Waals surface area contributed by atoms with Crippen molar-refractivity contribution in [3.63, 3.8) is 0 Å². The van der Waals surface area contributed by atoms with Crippen molar-refractivity contribution in [3.05, 3.63) is 84.7 Å². The van der Waals surface area contributed by atoms with E-state index in [0.717, 1.165) is 0 Å². The third kappa shape index (κ3) is 4.10. The second kappa shape index (κ2) is 7.28. The Morgan fingerprint density at radius 2 is 1.58 bits per heavy atom. The predicted octanol–water partition coefficient (Wildman–Crippen LogP) is 5.26. The van der Waals surface area contributed by atoms with Gasteiger partial charge in [0.2, 0.25) is 0 Å².